The quantitative estimate of drug-likeness (QED) is 0.389. The molecular weight excluding hydrogens is 464 g/mol. The first kappa shape index (κ1) is 24.4. The number of rotatable bonds is 6. The Labute approximate surface area is 217 Å². The fourth-order valence-electron chi connectivity index (χ4n) is 4.87. The van der Waals surface area contributed by atoms with Crippen molar-refractivity contribution in [2.24, 2.45) is 10.7 Å². The first-order valence-electron chi connectivity index (χ1n) is 12.6. The molecule has 0 spiro atoms. The summed E-state index contributed by atoms with van der Waals surface area (Å²) in [6.07, 6.45) is 1.97. The van der Waals surface area contributed by atoms with Gasteiger partial charge in [-0.25, -0.2) is 4.99 Å². The lowest BCUT2D eigenvalue weighted by Gasteiger charge is -2.31. The van der Waals surface area contributed by atoms with Crippen molar-refractivity contribution in [3.05, 3.63) is 54.2 Å². The van der Waals surface area contributed by atoms with Gasteiger partial charge in [0, 0.05) is 43.0 Å². The van der Waals surface area contributed by atoms with Crippen LogP contribution in [0.1, 0.15) is 30.3 Å². The maximum Gasteiger partial charge on any atom is 0.272 e. The molecule has 9 heteroatoms. The van der Waals surface area contributed by atoms with E-state index >= 15 is 0 Å². The fourth-order valence-corrected chi connectivity index (χ4v) is 4.87. The van der Waals surface area contributed by atoms with Crippen LogP contribution in [0.25, 0.3) is 11.1 Å². The molecule has 0 bridgehead atoms. The fraction of sp³-hybridized carbons (Fsp3) is 0.321. The van der Waals surface area contributed by atoms with E-state index in [4.69, 9.17) is 15.7 Å². The summed E-state index contributed by atoms with van der Waals surface area (Å²) < 4.78 is 1.88. The molecule has 1 aromatic heterocycles. The zero-order valence-electron chi connectivity index (χ0n) is 21.2. The van der Waals surface area contributed by atoms with Crippen LogP contribution in [0.2, 0.25) is 0 Å². The zero-order valence-corrected chi connectivity index (χ0v) is 21.2. The monoisotopic (exact) mass is 496 g/mol. The number of fused-ring (bicyclic) bond motifs is 3. The van der Waals surface area contributed by atoms with Gasteiger partial charge in [0.05, 0.1) is 18.8 Å². The van der Waals surface area contributed by atoms with E-state index in [-0.39, 0.29) is 18.5 Å². The predicted octanol–water partition coefficient (Wildman–Crippen LogP) is 3.43. The number of benzene rings is 2. The number of anilines is 3. The van der Waals surface area contributed by atoms with E-state index < -0.39 is 0 Å². The molecule has 2 aromatic carbocycles. The molecule has 9 nitrogen and oxygen atoms in total. The van der Waals surface area contributed by atoms with Crippen LogP contribution in [0.3, 0.4) is 0 Å². The number of nitrogens with two attached hydrogens (primary N) is 1. The highest BCUT2D eigenvalue weighted by Gasteiger charge is 2.28. The Morgan fingerprint density at radius 1 is 1.19 bits per heavy atom. The Morgan fingerprint density at radius 3 is 2.76 bits per heavy atom. The second-order valence-electron chi connectivity index (χ2n) is 9.15. The molecule has 1 fully saturated rings. The molecule has 5 N–H and O–H groups in total. The number of aromatic nitrogens is 2. The van der Waals surface area contributed by atoms with Crippen LogP contribution in [0.5, 0.6) is 0 Å². The molecule has 2 aliphatic rings. The van der Waals surface area contributed by atoms with Gasteiger partial charge in [0.25, 0.3) is 5.91 Å². The van der Waals surface area contributed by atoms with Crippen LogP contribution in [-0.4, -0.2) is 54.0 Å². The number of imidazole rings is 1. The third kappa shape index (κ3) is 5.01. The first-order chi connectivity index (χ1) is 18.1. The average molecular weight is 497 g/mol. The molecule has 0 aliphatic carbocycles. The molecule has 3 aromatic rings. The molecule has 1 saturated heterocycles. The Morgan fingerprint density at radius 2 is 1.97 bits per heavy atom. The summed E-state index contributed by atoms with van der Waals surface area (Å²) >= 11 is 0. The van der Waals surface area contributed by atoms with Gasteiger partial charge < -0.3 is 26.6 Å². The highest BCUT2D eigenvalue weighted by Crippen LogP contribution is 2.37. The van der Waals surface area contributed by atoms with E-state index in [1.807, 2.05) is 41.0 Å². The second kappa shape index (κ2) is 10.8. The topological polar surface area (TPSA) is 113 Å². The Kier molecular flexibility index (Phi) is 7.10. The number of amidine groups is 1. The van der Waals surface area contributed by atoms with Crippen molar-refractivity contribution in [1.29, 1.82) is 0 Å². The molecule has 37 heavy (non-hydrogen) atoms. The summed E-state index contributed by atoms with van der Waals surface area (Å²) in [5.74, 6) is 7.65. The first-order valence-corrected chi connectivity index (χ1v) is 12.6. The summed E-state index contributed by atoms with van der Waals surface area (Å²) in [4.78, 5) is 25.4. The summed E-state index contributed by atoms with van der Waals surface area (Å²) in [7, 11) is 1.77. The number of piperidine rings is 1. The Bertz CT molecular complexity index is 1400. The molecule has 0 radical (unpaired) electrons. The number of nitrogens with zero attached hydrogens (tertiary/aromatic N) is 4. The number of para-hydroxylation sites is 2. The van der Waals surface area contributed by atoms with Crippen LogP contribution < -0.4 is 26.6 Å². The maximum absolute atomic E-state index is 13.6. The van der Waals surface area contributed by atoms with Crippen molar-refractivity contribution in [2.45, 2.75) is 32.4 Å². The van der Waals surface area contributed by atoms with Crippen molar-refractivity contribution >= 4 is 34.9 Å². The lowest BCUT2D eigenvalue weighted by atomic mass is 10.0. The van der Waals surface area contributed by atoms with Gasteiger partial charge in [0.2, 0.25) is 5.95 Å². The van der Waals surface area contributed by atoms with Gasteiger partial charge in [-0.1, -0.05) is 42.3 Å². The minimum absolute atomic E-state index is 0.0801. The van der Waals surface area contributed by atoms with Gasteiger partial charge in [0.1, 0.15) is 5.84 Å². The number of carbonyl (C=O) groups excluding carboxylic acids is 1. The molecular formula is C28H32N8O. The van der Waals surface area contributed by atoms with Crippen molar-refractivity contribution in [1.82, 2.24) is 14.9 Å². The third-order valence-electron chi connectivity index (χ3n) is 6.63. The summed E-state index contributed by atoms with van der Waals surface area (Å²) in [5, 5.41) is 9.55. The minimum Gasteiger partial charge on any atom is -0.371 e. The molecule has 0 saturated carbocycles. The molecule has 5 rings (SSSR count). The molecule has 2 aliphatic heterocycles. The third-order valence-corrected chi connectivity index (χ3v) is 6.63. The molecule has 1 atom stereocenters. The second-order valence-corrected chi connectivity index (χ2v) is 9.15. The van der Waals surface area contributed by atoms with Gasteiger partial charge in [-0.3, -0.25) is 9.36 Å². The normalized spacial score (nSPS) is 16.2. The summed E-state index contributed by atoms with van der Waals surface area (Å²) in [6.45, 7) is 3.90. The maximum atomic E-state index is 13.6. The number of carbonyl (C=O) groups is 1. The van der Waals surface area contributed by atoms with Crippen LogP contribution in [-0.2, 0) is 6.54 Å². The zero-order chi connectivity index (χ0) is 25.8. The summed E-state index contributed by atoms with van der Waals surface area (Å²) in [6, 6.07) is 16.2. The lowest BCUT2D eigenvalue weighted by Crippen LogP contribution is -2.44. The van der Waals surface area contributed by atoms with E-state index in [9.17, 15) is 4.79 Å². The van der Waals surface area contributed by atoms with E-state index in [0.29, 0.717) is 36.4 Å². The van der Waals surface area contributed by atoms with Gasteiger partial charge in [0.15, 0.2) is 11.5 Å². The Balaban J connectivity index is 1.43. The van der Waals surface area contributed by atoms with Crippen LogP contribution in [0, 0.1) is 11.8 Å². The van der Waals surface area contributed by atoms with Crippen LogP contribution in [0.15, 0.2) is 53.5 Å². The number of hydrogen-bond acceptors (Lipinski definition) is 7. The average Bonchev–Trinajstić information content (AvgIpc) is 3.21. The van der Waals surface area contributed by atoms with E-state index in [1.165, 1.54) is 0 Å². The predicted molar refractivity (Wildman–Crippen MR) is 150 cm³/mol. The van der Waals surface area contributed by atoms with Crippen LogP contribution >= 0.6 is 0 Å². The summed E-state index contributed by atoms with van der Waals surface area (Å²) in [5.41, 5.74) is 10.6. The smallest absolute Gasteiger partial charge is 0.272 e. The van der Waals surface area contributed by atoms with Gasteiger partial charge in [-0.05, 0) is 31.9 Å². The highest BCUT2D eigenvalue weighted by molar-refractivity contribution is 6.08. The largest absolute Gasteiger partial charge is 0.371 e. The minimum atomic E-state index is -0.252. The molecule has 3 heterocycles. The number of aliphatic imine (C=N–C) groups is 1. The van der Waals surface area contributed by atoms with Crippen LogP contribution in [0.4, 0.5) is 23.1 Å². The number of nitrogens with one attached hydrogen (secondary N) is 3. The van der Waals surface area contributed by atoms with Gasteiger partial charge >= 0.3 is 0 Å². The van der Waals surface area contributed by atoms with Crippen molar-refractivity contribution in [2.75, 3.05) is 42.2 Å². The van der Waals surface area contributed by atoms with E-state index in [0.717, 1.165) is 41.9 Å². The standard InChI is InChI=1S/C28H32N8O/c1-3-4-16-36-25(26(30-2)34-28(36)35-15-9-10-19(29)18-35)27(37)31-17-24-32-22-13-7-5-11-20(22)21-12-6-8-14-23(21)33-24/h5-8,11-14,19,30H,9-10,15-18,29H2,1-2H3,(H,31,37)(H,32,33). The van der Waals surface area contributed by atoms with Gasteiger partial charge in [-0.15, -0.1) is 5.92 Å². The SMILES string of the molecule is CC#CCn1c(N2CCCC(N)C2)nc(NC)c1C(=O)NCC1=Nc2ccccc2-c2ccccc2N1. The number of hydrogen-bond donors (Lipinski definition) is 4. The van der Waals surface area contributed by atoms with Crippen molar-refractivity contribution in [3.8, 4) is 23.0 Å². The Hall–Kier alpha value is -4.29. The van der Waals surface area contributed by atoms with Crippen molar-refractivity contribution < 1.29 is 4.79 Å². The van der Waals surface area contributed by atoms with E-state index in [1.54, 1.807) is 14.0 Å². The van der Waals surface area contributed by atoms with Crippen molar-refractivity contribution in [3.63, 3.8) is 0 Å². The highest BCUT2D eigenvalue weighted by atomic mass is 16.2. The molecule has 1 unspecified atom stereocenters. The number of amides is 1. The molecule has 1 amide bonds. The molecule has 190 valence electrons. The van der Waals surface area contributed by atoms with Gasteiger partial charge in [-0.2, -0.15) is 4.98 Å². The van der Waals surface area contributed by atoms with E-state index in [2.05, 4.69) is 44.8 Å². The lowest BCUT2D eigenvalue weighted by molar-refractivity contribution is 0.0951.